The number of pyridine rings is 1. The fourth-order valence-electron chi connectivity index (χ4n) is 3.63. The second-order valence-electron chi connectivity index (χ2n) is 6.84. The van der Waals surface area contributed by atoms with Crippen molar-refractivity contribution in [3.63, 3.8) is 0 Å². The summed E-state index contributed by atoms with van der Waals surface area (Å²) in [4.78, 5) is 33.1. The lowest BCUT2D eigenvalue weighted by atomic mass is 10.1. The molecule has 25 heavy (non-hydrogen) atoms. The number of aryl methyl sites for hydroxylation is 1. The van der Waals surface area contributed by atoms with Gasteiger partial charge in [0.25, 0.3) is 5.91 Å². The van der Waals surface area contributed by atoms with E-state index in [-0.39, 0.29) is 17.9 Å². The van der Waals surface area contributed by atoms with E-state index in [2.05, 4.69) is 4.98 Å². The van der Waals surface area contributed by atoms with Gasteiger partial charge in [-0.2, -0.15) is 0 Å². The van der Waals surface area contributed by atoms with Crippen LogP contribution in [0.15, 0.2) is 18.2 Å². The highest BCUT2D eigenvalue weighted by atomic mass is 16.5. The van der Waals surface area contributed by atoms with Crippen molar-refractivity contribution in [2.45, 2.75) is 45.1 Å². The van der Waals surface area contributed by atoms with Crippen molar-refractivity contribution in [3.05, 3.63) is 29.6 Å². The van der Waals surface area contributed by atoms with Crippen LogP contribution in [-0.4, -0.2) is 65.5 Å². The monoisotopic (exact) mass is 345 g/mol. The van der Waals surface area contributed by atoms with E-state index in [0.717, 1.165) is 44.5 Å². The van der Waals surface area contributed by atoms with Gasteiger partial charge >= 0.3 is 0 Å². The Hall–Kier alpha value is -1.95. The summed E-state index contributed by atoms with van der Waals surface area (Å²) in [5.41, 5.74) is 1.35. The Morgan fingerprint density at radius 3 is 2.84 bits per heavy atom. The number of aromatic nitrogens is 1. The Balaban J connectivity index is 1.66. The molecule has 1 aromatic heterocycles. The molecule has 136 valence electrons. The normalized spacial score (nSPS) is 18.6. The highest BCUT2D eigenvalue weighted by Gasteiger charge is 2.28. The Bertz CT molecular complexity index is 614. The van der Waals surface area contributed by atoms with E-state index in [1.54, 1.807) is 6.07 Å². The lowest BCUT2D eigenvalue weighted by molar-refractivity contribution is -0.127. The first-order chi connectivity index (χ1) is 12.1. The van der Waals surface area contributed by atoms with Crippen LogP contribution in [0.2, 0.25) is 0 Å². The zero-order valence-electron chi connectivity index (χ0n) is 14.9. The Morgan fingerprint density at radius 1 is 1.36 bits per heavy atom. The molecule has 2 saturated heterocycles. The van der Waals surface area contributed by atoms with Gasteiger partial charge in [-0.25, -0.2) is 4.98 Å². The molecule has 0 unspecified atom stereocenters. The zero-order chi connectivity index (χ0) is 17.6. The summed E-state index contributed by atoms with van der Waals surface area (Å²) in [6.45, 7) is 5.52. The summed E-state index contributed by atoms with van der Waals surface area (Å²) < 4.78 is 5.45. The minimum Gasteiger partial charge on any atom is -0.381 e. The molecule has 0 saturated carbocycles. The average molecular weight is 345 g/mol. The molecular formula is C19H27N3O3. The molecule has 2 aliphatic rings. The molecule has 3 heterocycles. The van der Waals surface area contributed by atoms with Crippen LogP contribution in [0.5, 0.6) is 0 Å². The molecule has 0 aliphatic carbocycles. The SMILES string of the molecule is Cc1cccc(C(=O)N(CCCN2CCCC2=O)C2CCOCC2)n1. The third-order valence-electron chi connectivity index (χ3n) is 5.00. The van der Waals surface area contributed by atoms with E-state index >= 15 is 0 Å². The second-order valence-corrected chi connectivity index (χ2v) is 6.84. The number of amides is 2. The number of hydrogen-bond acceptors (Lipinski definition) is 4. The third-order valence-corrected chi connectivity index (χ3v) is 5.00. The van der Waals surface area contributed by atoms with Crippen molar-refractivity contribution >= 4 is 11.8 Å². The van der Waals surface area contributed by atoms with Crippen LogP contribution in [0, 0.1) is 6.92 Å². The van der Waals surface area contributed by atoms with E-state index in [0.29, 0.717) is 31.9 Å². The van der Waals surface area contributed by atoms with Crippen LogP contribution in [-0.2, 0) is 9.53 Å². The molecular weight excluding hydrogens is 318 g/mol. The summed E-state index contributed by atoms with van der Waals surface area (Å²) in [5, 5.41) is 0. The minimum atomic E-state index is -0.0108. The smallest absolute Gasteiger partial charge is 0.272 e. The van der Waals surface area contributed by atoms with Crippen LogP contribution in [0.3, 0.4) is 0 Å². The van der Waals surface area contributed by atoms with Crippen LogP contribution in [0.25, 0.3) is 0 Å². The molecule has 0 bridgehead atoms. The molecule has 0 radical (unpaired) electrons. The Kier molecular flexibility index (Phi) is 6.02. The van der Waals surface area contributed by atoms with Gasteiger partial charge in [0.2, 0.25) is 5.91 Å². The second kappa shape index (κ2) is 8.43. The lowest BCUT2D eigenvalue weighted by Gasteiger charge is -2.34. The summed E-state index contributed by atoms with van der Waals surface area (Å²) in [7, 11) is 0. The van der Waals surface area contributed by atoms with Crippen molar-refractivity contribution in [1.82, 2.24) is 14.8 Å². The largest absolute Gasteiger partial charge is 0.381 e. The predicted octanol–water partition coefficient (Wildman–Crippen LogP) is 2.02. The predicted molar refractivity (Wildman–Crippen MR) is 94.3 cm³/mol. The minimum absolute atomic E-state index is 0.0108. The molecule has 0 spiro atoms. The fraction of sp³-hybridized carbons (Fsp3) is 0.632. The molecule has 0 N–H and O–H groups in total. The van der Waals surface area contributed by atoms with Gasteiger partial charge < -0.3 is 14.5 Å². The number of rotatable bonds is 6. The molecule has 2 fully saturated rings. The van der Waals surface area contributed by atoms with Crippen LogP contribution >= 0.6 is 0 Å². The topological polar surface area (TPSA) is 62.7 Å². The van der Waals surface area contributed by atoms with Gasteiger partial charge in [-0.1, -0.05) is 6.07 Å². The van der Waals surface area contributed by atoms with Gasteiger partial charge in [-0.05, 0) is 44.7 Å². The van der Waals surface area contributed by atoms with E-state index in [9.17, 15) is 9.59 Å². The number of likely N-dealkylation sites (tertiary alicyclic amines) is 1. The quantitative estimate of drug-likeness (QED) is 0.791. The van der Waals surface area contributed by atoms with Gasteiger partial charge in [0.05, 0.1) is 0 Å². The first kappa shape index (κ1) is 17.9. The van der Waals surface area contributed by atoms with Gasteiger partial charge in [0.1, 0.15) is 5.69 Å². The molecule has 1 aromatic rings. The Morgan fingerprint density at radius 2 is 2.16 bits per heavy atom. The van der Waals surface area contributed by atoms with Crippen molar-refractivity contribution < 1.29 is 14.3 Å². The maximum absolute atomic E-state index is 13.0. The van der Waals surface area contributed by atoms with Gasteiger partial charge in [0.15, 0.2) is 0 Å². The van der Waals surface area contributed by atoms with Crippen molar-refractivity contribution in [2.75, 3.05) is 32.8 Å². The lowest BCUT2D eigenvalue weighted by Crippen LogP contribution is -2.45. The molecule has 2 amide bonds. The number of hydrogen-bond donors (Lipinski definition) is 0. The van der Waals surface area contributed by atoms with E-state index in [1.165, 1.54) is 0 Å². The average Bonchev–Trinajstić information content (AvgIpc) is 3.04. The fourth-order valence-corrected chi connectivity index (χ4v) is 3.63. The summed E-state index contributed by atoms with van der Waals surface area (Å²) in [6, 6.07) is 5.75. The van der Waals surface area contributed by atoms with Crippen LogP contribution in [0.4, 0.5) is 0 Å². The van der Waals surface area contributed by atoms with E-state index in [4.69, 9.17) is 4.74 Å². The molecule has 2 aliphatic heterocycles. The summed E-state index contributed by atoms with van der Waals surface area (Å²) in [6.07, 6.45) is 4.14. The van der Waals surface area contributed by atoms with E-state index < -0.39 is 0 Å². The summed E-state index contributed by atoms with van der Waals surface area (Å²) >= 11 is 0. The number of carbonyl (C=O) groups is 2. The highest BCUT2D eigenvalue weighted by molar-refractivity contribution is 5.92. The van der Waals surface area contributed by atoms with Gasteiger partial charge in [0, 0.05) is 51.0 Å². The number of carbonyl (C=O) groups excluding carboxylic acids is 2. The van der Waals surface area contributed by atoms with Crippen molar-refractivity contribution in [2.24, 2.45) is 0 Å². The zero-order valence-corrected chi connectivity index (χ0v) is 14.9. The molecule has 6 heteroatoms. The van der Waals surface area contributed by atoms with Gasteiger partial charge in [-0.3, -0.25) is 9.59 Å². The van der Waals surface area contributed by atoms with Crippen molar-refractivity contribution in [3.8, 4) is 0 Å². The number of ether oxygens (including phenoxy) is 1. The molecule has 3 rings (SSSR count). The summed E-state index contributed by atoms with van der Waals surface area (Å²) in [5.74, 6) is 0.229. The van der Waals surface area contributed by atoms with E-state index in [1.807, 2.05) is 28.9 Å². The maximum Gasteiger partial charge on any atom is 0.272 e. The van der Waals surface area contributed by atoms with Crippen LogP contribution < -0.4 is 0 Å². The molecule has 0 atom stereocenters. The first-order valence-electron chi connectivity index (χ1n) is 9.25. The van der Waals surface area contributed by atoms with Crippen LogP contribution in [0.1, 0.15) is 48.3 Å². The highest BCUT2D eigenvalue weighted by Crippen LogP contribution is 2.18. The standard InChI is InChI=1S/C19H27N3O3/c1-15-5-2-6-17(20-15)19(24)22(16-8-13-25-14-9-16)12-4-11-21-10-3-7-18(21)23/h2,5-6,16H,3-4,7-14H2,1H3. The maximum atomic E-state index is 13.0. The third kappa shape index (κ3) is 4.57. The molecule has 0 aromatic carbocycles. The van der Waals surface area contributed by atoms with Gasteiger partial charge in [-0.15, -0.1) is 0 Å². The van der Waals surface area contributed by atoms with Crippen molar-refractivity contribution in [1.29, 1.82) is 0 Å². The number of nitrogens with zero attached hydrogens (tertiary/aromatic N) is 3. The molecule has 6 nitrogen and oxygen atoms in total. The Labute approximate surface area is 149 Å². The first-order valence-corrected chi connectivity index (χ1v) is 9.25.